The van der Waals surface area contributed by atoms with Crippen LogP contribution in [0.2, 0.25) is 0 Å². The molecule has 2 atom stereocenters. The summed E-state index contributed by atoms with van der Waals surface area (Å²) in [7, 11) is 0. The van der Waals surface area contributed by atoms with E-state index >= 15 is 0 Å². The van der Waals surface area contributed by atoms with Crippen LogP contribution in [0, 0.1) is 0 Å². The molecule has 1 saturated heterocycles. The van der Waals surface area contributed by atoms with Crippen LogP contribution in [0.5, 0.6) is 0 Å². The van der Waals surface area contributed by atoms with E-state index in [0.717, 1.165) is 13.2 Å². The van der Waals surface area contributed by atoms with Crippen LogP contribution in [0.25, 0.3) is 0 Å². The van der Waals surface area contributed by atoms with Crippen molar-refractivity contribution in [2.24, 2.45) is 0 Å². The first-order chi connectivity index (χ1) is 6.36. The maximum absolute atomic E-state index is 5.58. The molecule has 0 spiro atoms. The van der Waals surface area contributed by atoms with Crippen molar-refractivity contribution in [3.05, 3.63) is 35.9 Å². The van der Waals surface area contributed by atoms with Gasteiger partial charge in [-0.2, -0.15) is 0 Å². The minimum atomic E-state index is 0.347. The second kappa shape index (κ2) is 3.90. The first kappa shape index (κ1) is 8.73. The monoisotopic (exact) mass is 177 g/mol. The van der Waals surface area contributed by atoms with Crippen molar-refractivity contribution in [2.45, 2.75) is 19.1 Å². The van der Waals surface area contributed by atoms with Gasteiger partial charge in [0.2, 0.25) is 0 Å². The van der Waals surface area contributed by atoms with Gasteiger partial charge in [0.1, 0.15) is 0 Å². The lowest BCUT2D eigenvalue weighted by Crippen LogP contribution is -2.39. The van der Waals surface area contributed by atoms with Crippen molar-refractivity contribution in [2.75, 3.05) is 13.2 Å². The number of benzene rings is 1. The molecule has 2 rings (SSSR count). The third-order valence-electron chi connectivity index (χ3n) is 2.40. The highest BCUT2D eigenvalue weighted by Crippen LogP contribution is 2.16. The van der Waals surface area contributed by atoms with Crippen LogP contribution >= 0.6 is 0 Å². The SMILES string of the molecule is CC1CN[C@H](c2ccccc2)CO1. The molecular formula is C11H15NO. The zero-order chi connectivity index (χ0) is 9.10. The normalized spacial score (nSPS) is 28.7. The van der Waals surface area contributed by atoms with Crippen LogP contribution in [0.4, 0.5) is 0 Å². The molecule has 2 heteroatoms. The van der Waals surface area contributed by atoms with E-state index in [4.69, 9.17) is 4.74 Å². The van der Waals surface area contributed by atoms with Crippen molar-refractivity contribution < 1.29 is 4.74 Å². The Bertz CT molecular complexity index is 252. The molecule has 0 radical (unpaired) electrons. The Morgan fingerprint density at radius 1 is 1.31 bits per heavy atom. The van der Waals surface area contributed by atoms with Crippen LogP contribution in [-0.2, 0) is 4.74 Å². The highest BCUT2D eigenvalue weighted by Gasteiger charge is 2.18. The summed E-state index contributed by atoms with van der Waals surface area (Å²) >= 11 is 0. The number of morpholine rings is 1. The Morgan fingerprint density at radius 3 is 2.69 bits per heavy atom. The Balaban J connectivity index is 2.03. The quantitative estimate of drug-likeness (QED) is 0.705. The van der Waals surface area contributed by atoms with Gasteiger partial charge in [-0.05, 0) is 12.5 Å². The Morgan fingerprint density at radius 2 is 2.08 bits per heavy atom. The molecule has 13 heavy (non-hydrogen) atoms. The molecule has 70 valence electrons. The molecule has 1 heterocycles. The molecule has 1 aliphatic heterocycles. The molecule has 0 amide bonds. The van der Waals surface area contributed by atoms with Crippen LogP contribution in [0.15, 0.2) is 30.3 Å². The van der Waals surface area contributed by atoms with Gasteiger partial charge in [0.05, 0.1) is 18.8 Å². The van der Waals surface area contributed by atoms with Crippen LogP contribution < -0.4 is 5.32 Å². The molecule has 1 aliphatic rings. The predicted molar refractivity (Wildman–Crippen MR) is 52.6 cm³/mol. The van der Waals surface area contributed by atoms with Gasteiger partial charge in [-0.1, -0.05) is 30.3 Å². The zero-order valence-corrected chi connectivity index (χ0v) is 7.86. The van der Waals surface area contributed by atoms with Gasteiger partial charge in [0, 0.05) is 6.54 Å². The van der Waals surface area contributed by atoms with Crippen molar-refractivity contribution in [3.63, 3.8) is 0 Å². The lowest BCUT2D eigenvalue weighted by Gasteiger charge is -2.28. The molecule has 1 aromatic rings. The third-order valence-corrected chi connectivity index (χ3v) is 2.40. The number of hydrogen-bond donors (Lipinski definition) is 1. The van der Waals surface area contributed by atoms with Crippen molar-refractivity contribution in [1.29, 1.82) is 0 Å². The van der Waals surface area contributed by atoms with E-state index in [9.17, 15) is 0 Å². The van der Waals surface area contributed by atoms with Crippen LogP contribution in [0.3, 0.4) is 0 Å². The molecule has 2 nitrogen and oxygen atoms in total. The van der Waals surface area contributed by atoms with Gasteiger partial charge in [-0.25, -0.2) is 0 Å². The summed E-state index contributed by atoms with van der Waals surface area (Å²) < 4.78 is 5.58. The number of hydrogen-bond acceptors (Lipinski definition) is 2. The summed E-state index contributed by atoms with van der Waals surface area (Å²) in [6, 6.07) is 10.8. The average Bonchev–Trinajstić information content (AvgIpc) is 2.20. The zero-order valence-electron chi connectivity index (χ0n) is 7.86. The Labute approximate surface area is 78.9 Å². The summed E-state index contributed by atoms with van der Waals surface area (Å²) in [5, 5.41) is 3.46. The molecule has 0 aromatic heterocycles. The first-order valence-electron chi connectivity index (χ1n) is 4.76. The number of ether oxygens (including phenoxy) is 1. The fourth-order valence-corrected chi connectivity index (χ4v) is 1.59. The molecular weight excluding hydrogens is 162 g/mol. The molecule has 1 unspecified atom stereocenters. The summed E-state index contributed by atoms with van der Waals surface area (Å²) in [5.74, 6) is 0. The van der Waals surface area contributed by atoms with Gasteiger partial charge in [-0.3, -0.25) is 0 Å². The summed E-state index contributed by atoms with van der Waals surface area (Å²) in [4.78, 5) is 0. The molecule has 0 saturated carbocycles. The van der Waals surface area contributed by atoms with E-state index in [-0.39, 0.29) is 0 Å². The van der Waals surface area contributed by atoms with E-state index in [0.29, 0.717) is 12.1 Å². The largest absolute Gasteiger partial charge is 0.375 e. The lowest BCUT2D eigenvalue weighted by atomic mass is 10.1. The van der Waals surface area contributed by atoms with Crippen molar-refractivity contribution >= 4 is 0 Å². The van der Waals surface area contributed by atoms with Gasteiger partial charge >= 0.3 is 0 Å². The van der Waals surface area contributed by atoms with Crippen LogP contribution in [-0.4, -0.2) is 19.3 Å². The fourth-order valence-electron chi connectivity index (χ4n) is 1.59. The number of rotatable bonds is 1. The summed E-state index contributed by atoms with van der Waals surface area (Å²) in [6.07, 6.45) is 0.347. The van der Waals surface area contributed by atoms with Gasteiger partial charge in [-0.15, -0.1) is 0 Å². The molecule has 1 N–H and O–H groups in total. The van der Waals surface area contributed by atoms with Gasteiger partial charge in [0.25, 0.3) is 0 Å². The highest BCUT2D eigenvalue weighted by molar-refractivity contribution is 5.19. The third kappa shape index (κ3) is 2.08. The van der Waals surface area contributed by atoms with E-state index in [1.54, 1.807) is 0 Å². The average molecular weight is 177 g/mol. The molecule has 0 bridgehead atoms. The summed E-state index contributed by atoms with van der Waals surface area (Å²) in [6.45, 7) is 3.82. The molecule has 0 aliphatic carbocycles. The highest BCUT2D eigenvalue weighted by atomic mass is 16.5. The van der Waals surface area contributed by atoms with E-state index in [1.165, 1.54) is 5.56 Å². The minimum absolute atomic E-state index is 0.347. The minimum Gasteiger partial charge on any atom is -0.375 e. The Kier molecular flexibility index (Phi) is 2.62. The fraction of sp³-hybridized carbons (Fsp3) is 0.455. The van der Waals surface area contributed by atoms with Crippen LogP contribution in [0.1, 0.15) is 18.5 Å². The second-order valence-electron chi connectivity index (χ2n) is 3.52. The molecule has 1 fully saturated rings. The smallest absolute Gasteiger partial charge is 0.0672 e. The standard InChI is InChI=1S/C11H15NO/c1-9-7-12-11(8-13-9)10-5-3-2-4-6-10/h2-6,9,11-12H,7-8H2,1H3/t9?,11-/m0/s1. The van der Waals surface area contributed by atoms with Crippen molar-refractivity contribution in [1.82, 2.24) is 5.32 Å². The summed E-state index contributed by atoms with van der Waals surface area (Å²) in [5.41, 5.74) is 1.31. The maximum atomic E-state index is 5.58. The first-order valence-corrected chi connectivity index (χ1v) is 4.76. The number of nitrogens with one attached hydrogen (secondary N) is 1. The maximum Gasteiger partial charge on any atom is 0.0672 e. The van der Waals surface area contributed by atoms with Gasteiger partial charge < -0.3 is 10.1 Å². The van der Waals surface area contributed by atoms with E-state index in [1.807, 2.05) is 6.07 Å². The topological polar surface area (TPSA) is 21.3 Å². The lowest BCUT2D eigenvalue weighted by molar-refractivity contribution is 0.0149. The Hall–Kier alpha value is -0.860. The second-order valence-corrected chi connectivity index (χ2v) is 3.52. The predicted octanol–water partition coefficient (Wildman–Crippen LogP) is 1.74. The van der Waals surface area contributed by atoms with E-state index in [2.05, 4.69) is 36.5 Å². The molecule has 1 aromatic carbocycles. The van der Waals surface area contributed by atoms with Gasteiger partial charge in [0.15, 0.2) is 0 Å². The van der Waals surface area contributed by atoms with E-state index < -0.39 is 0 Å². The van der Waals surface area contributed by atoms with Crippen molar-refractivity contribution in [3.8, 4) is 0 Å².